The Hall–Kier alpha value is -2.68. The number of allylic oxidation sites excluding steroid dienone is 2. The van der Waals surface area contributed by atoms with Gasteiger partial charge in [0.15, 0.2) is 5.16 Å². The number of nitro benzene ring substituents is 1. The summed E-state index contributed by atoms with van der Waals surface area (Å²) >= 11 is 1.14. The normalized spacial score (nSPS) is 16.4. The van der Waals surface area contributed by atoms with Crippen LogP contribution in [0.3, 0.4) is 0 Å². The van der Waals surface area contributed by atoms with Gasteiger partial charge >= 0.3 is 0 Å². The van der Waals surface area contributed by atoms with Crippen molar-refractivity contribution in [2.45, 2.75) is 29.3 Å². The molecule has 0 fully saturated rings. The van der Waals surface area contributed by atoms with E-state index in [4.69, 9.17) is 0 Å². The first-order chi connectivity index (χ1) is 12.5. The second-order valence-electron chi connectivity index (χ2n) is 6.13. The molecule has 0 aliphatic heterocycles. The maximum atomic E-state index is 12.4. The molecule has 1 N–H and O–H groups in total. The molecule has 0 bridgehead atoms. The summed E-state index contributed by atoms with van der Waals surface area (Å²) in [6.07, 6.45) is 8.83. The fourth-order valence-corrected chi connectivity index (χ4v) is 3.58. The van der Waals surface area contributed by atoms with Crippen molar-refractivity contribution in [1.29, 1.82) is 0 Å². The van der Waals surface area contributed by atoms with E-state index in [-0.39, 0.29) is 17.2 Å². The molecule has 0 spiro atoms. The quantitative estimate of drug-likeness (QED) is 0.474. The van der Waals surface area contributed by atoms with Crippen LogP contribution < -0.4 is 5.32 Å². The number of hydrogen-bond donors (Lipinski definition) is 1. The van der Waals surface area contributed by atoms with Gasteiger partial charge in [0, 0.05) is 25.2 Å². The van der Waals surface area contributed by atoms with Crippen LogP contribution in [0.5, 0.6) is 0 Å². The summed E-state index contributed by atoms with van der Waals surface area (Å²) in [5.41, 5.74) is 0.164. The van der Waals surface area contributed by atoms with Crippen LogP contribution in [0.25, 0.3) is 0 Å². The summed E-state index contributed by atoms with van der Waals surface area (Å²) in [5.74, 6) is 0.127. The molecule has 136 valence electrons. The fraction of sp³-hybridized carbons (Fsp3) is 0.353. The fourth-order valence-electron chi connectivity index (χ4n) is 2.73. The predicted octanol–water partition coefficient (Wildman–Crippen LogP) is 2.96. The van der Waals surface area contributed by atoms with Gasteiger partial charge in [0.1, 0.15) is 6.33 Å². The van der Waals surface area contributed by atoms with Crippen molar-refractivity contribution in [3.05, 3.63) is 52.4 Å². The third-order valence-corrected chi connectivity index (χ3v) is 5.34. The van der Waals surface area contributed by atoms with Crippen molar-refractivity contribution >= 4 is 23.4 Å². The Morgan fingerprint density at radius 2 is 2.31 bits per heavy atom. The van der Waals surface area contributed by atoms with E-state index < -0.39 is 4.92 Å². The van der Waals surface area contributed by atoms with Gasteiger partial charge in [-0.05, 0) is 49.1 Å². The van der Waals surface area contributed by atoms with Gasteiger partial charge < -0.3 is 9.88 Å². The van der Waals surface area contributed by atoms with Crippen molar-refractivity contribution in [2.75, 3.05) is 6.54 Å². The number of nitrogens with zero attached hydrogens (tertiary/aromatic N) is 4. The van der Waals surface area contributed by atoms with Gasteiger partial charge in [-0.3, -0.25) is 14.9 Å². The van der Waals surface area contributed by atoms with E-state index in [1.165, 1.54) is 12.4 Å². The van der Waals surface area contributed by atoms with Gasteiger partial charge in [-0.1, -0.05) is 12.2 Å². The average Bonchev–Trinajstić information content (AvgIpc) is 3.05. The Morgan fingerprint density at radius 3 is 2.96 bits per heavy atom. The molecule has 0 radical (unpaired) electrons. The van der Waals surface area contributed by atoms with E-state index >= 15 is 0 Å². The van der Waals surface area contributed by atoms with Gasteiger partial charge in [0.05, 0.1) is 9.82 Å². The Kier molecular flexibility index (Phi) is 5.67. The highest BCUT2D eigenvalue weighted by molar-refractivity contribution is 7.99. The molecule has 8 nitrogen and oxygen atoms in total. The van der Waals surface area contributed by atoms with Crippen LogP contribution in [0.15, 0.2) is 46.7 Å². The average molecular weight is 373 g/mol. The minimum absolute atomic E-state index is 0.119. The lowest BCUT2D eigenvalue weighted by molar-refractivity contribution is -0.387. The predicted molar refractivity (Wildman–Crippen MR) is 97.0 cm³/mol. The van der Waals surface area contributed by atoms with Crippen molar-refractivity contribution in [3.8, 4) is 0 Å². The van der Waals surface area contributed by atoms with Crippen molar-refractivity contribution in [1.82, 2.24) is 20.1 Å². The molecule has 1 aliphatic carbocycles. The van der Waals surface area contributed by atoms with E-state index in [1.54, 1.807) is 23.7 Å². The Labute approximate surface area is 154 Å². The van der Waals surface area contributed by atoms with Gasteiger partial charge in [-0.2, -0.15) is 0 Å². The van der Waals surface area contributed by atoms with Crippen molar-refractivity contribution in [2.24, 2.45) is 13.0 Å². The van der Waals surface area contributed by atoms with Crippen LogP contribution >= 0.6 is 11.8 Å². The maximum absolute atomic E-state index is 12.4. The number of carbonyl (C=O) groups excluding carboxylic acids is 1. The van der Waals surface area contributed by atoms with Crippen LogP contribution in [0.2, 0.25) is 0 Å². The highest BCUT2D eigenvalue weighted by Gasteiger charge is 2.20. The van der Waals surface area contributed by atoms with Crippen LogP contribution in [0.4, 0.5) is 5.69 Å². The Balaban J connectivity index is 1.73. The van der Waals surface area contributed by atoms with Gasteiger partial charge in [0.25, 0.3) is 11.6 Å². The standard InChI is InChI=1S/C17H19N5O3S/c1-21-11-19-20-17(21)26-15-8-7-13(9-14(15)22(24)25)16(23)18-10-12-5-3-2-4-6-12/h2-3,7-9,11-12H,4-6,10H2,1H3,(H,18,23). The second-order valence-corrected chi connectivity index (χ2v) is 7.14. The third kappa shape index (κ3) is 4.29. The molecule has 1 aromatic heterocycles. The highest BCUT2D eigenvalue weighted by Crippen LogP contribution is 2.34. The van der Waals surface area contributed by atoms with Crippen LogP contribution in [0.1, 0.15) is 29.6 Å². The lowest BCUT2D eigenvalue weighted by Crippen LogP contribution is -2.29. The second kappa shape index (κ2) is 8.13. The number of benzene rings is 1. The molecule has 1 unspecified atom stereocenters. The highest BCUT2D eigenvalue weighted by atomic mass is 32.2. The number of carbonyl (C=O) groups is 1. The number of nitrogens with one attached hydrogen (secondary N) is 1. The number of amides is 1. The number of aromatic nitrogens is 3. The van der Waals surface area contributed by atoms with Gasteiger partial charge in [-0.25, -0.2) is 0 Å². The lowest BCUT2D eigenvalue weighted by atomic mass is 9.94. The van der Waals surface area contributed by atoms with E-state index in [0.29, 0.717) is 22.5 Å². The number of aryl methyl sites for hydroxylation is 1. The molecular formula is C17H19N5O3S. The third-order valence-electron chi connectivity index (χ3n) is 4.22. The topological polar surface area (TPSA) is 103 Å². The molecule has 2 aromatic rings. The first-order valence-corrected chi connectivity index (χ1v) is 9.09. The molecular weight excluding hydrogens is 354 g/mol. The molecule has 1 atom stereocenters. The summed E-state index contributed by atoms with van der Waals surface area (Å²) in [7, 11) is 1.76. The van der Waals surface area contributed by atoms with Crippen LogP contribution in [-0.4, -0.2) is 32.1 Å². The number of rotatable bonds is 6. The largest absolute Gasteiger partial charge is 0.352 e. The van der Waals surface area contributed by atoms with Crippen molar-refractivity contribution in [3.63, 3.8) is 0 Å². The molecule has 0 saturated heterocycles. The Bertz CT molecular complexity index is 849. The van der Waals surface area contributed by atoms with E-state index in [1.807, 2.05) is 0 Å². The first kappa shape index (κ1) is 18.1. The van der Waals surface area contributed by atoms with E-state index in [0.717, 1.165) is 31.0 Å². The molecule has 1 aliphatic rings. The molecule has 0 saturated carbocycles. The zero-order valence-corrected chi connectivity index (χ0v) is 15.1. The van der Waals surface area contributed by atoms with Crippen molar-refractivity contribution < 1.29 is 9.72 Å². The van der Waals surface area contributed by atoms with Gasteiger partial charge in [-0.15, -0.1) is 10.2 Å². The summed E-state index contributed by atoms with van der Waals surface area (Å²) < 4.78 is 1.67. The molecule has 9 heteroatoms. The zero-order valence-electron chi connectivity index (χ0n) is 14.3. The zero-order chi connectivity index (χ0) is 18.5. The minimum atomic E-state index is -0.485. The lowest BCUT2D eigenvalue weighted by Gasteiger charge is -2.18. The van der Waals surface area contributed by atoms with E-state index in [9.17, 15) is 14.9 Å². The minimum Gasteiger partial charge on any atom is -0.352 e. The summed E-state index contributed by atoms with van der Waals surface area (Å²) in [6, 6.07) is 4.49. The smallest absolute Gasteiger partial charge is 0.284 e. The monoisotopic (exact) mass is 373 g/mol. The first-order valence-electron chi connectivity index (χ1n) is 8.28. The number of nitro groups is 1. The summed E-state index contributed by atoms with van der Waals surface area (Å²) in [4.78, 5) is 23.7. The Morgan fingerprint density at radius 1 is 1.46 bits per heavy atom. The maximum Gasteiger partial charge on any atom is 0.284 e. The SMILES string of the molecule is Cn1cnnc1Sc1ccc(C(=O)NCC2CC=CCC2)cc1[N+](=O)[O-]. The summed E-state index contributed by atoms with van der Waals surface area (Å²) in [5, 5.41) is 22.5. The molecule has 26 heavy (non-hydrogen) atoms. The summed E-state index contributed by atoms with van der Waals surface area (Å²) in [6.45, 7) is 0.576. The van der Waals surface area contributed by atoms with Crippen LogP contribution in [-0.2, 0) is 7.05 Å². The number of hydrogen-bond acceptors (Lipinski definition) is 6. The van der Waals surface area contributed by atoms with E-state index in [2.05, 4.69) is 27.7 Å². The molecule has 1 heterocycles. The van der Waals surface area contributed by atoms with Gasteiger partial charge in [0.2, 0.25) is 0 Å². The molecule has 1 aromatic carbocycles. The van der Waals surface area contributed by atoms with Crippen LogP contribution in [0, 0.1) is 16.0 Å². The molecule has 3 rings (SSSR count). The molecule has 1 amide bonds.